The summed E-state index contributed by atoms with van der Waals surface area (Å²) in [6.07, 6.45) is 1.71. The van der Waals surface area contributed by atoms with Crippen LogP contribution in [0, 0.1) is 11.3 Å². The number of benzene rings is 1. The molecule has 1 saturated heterocycles. The lowest BCUT2D eigenvalue weighted by Gasteiger charge is -2.06. The van der Waals surface area contributed by atoms with Crippen molar-refractivity contribution < 1.29 is 9.47 Å². The lowest BCUT2D eigenvalue weighted by Crippen LogP contribution is -2.03. The van der Waals surface area contributed by atoms with Gasteiger partial charge in [0.05, 0.1) is 12.8 Å². The summed E-state index contributed by atoms with van der Waals surface area (Å²) in [5.41, 5.74) is 7.89. The molecule has 108 valence electrons. The number of hydrogen-bond donors (Lipinski definition) is 1. The molecule has 0 bridgehead atoms. The number of rotatable bonds is 3. The number of hydrogen-bond acceptors (Lipinski definition) is 5. The highest BCUT2D eigenvalue weighted by atomic mass is 16.5. The van der Waals surface area contributed by atoms with E-state index < -0.39 is 0 Å². The highest BCUT2D eigenvalue weighted by molar-refractivity contribution is 5.57. The molecule has 6 heteroatoms. The van der Waals surface area contributed by atoms with E-state index in [1.807, 2.05) is 24.3 Å². The normalized spacial score (nSPS) is 17.6. The Bertz CT molecular complexity index is 679. The van der Waals surface area contributed by atoms with Gasteiger partial charge in [0.2, 0.25) is 0 Å². The van der Waals surface area contributed by atoms with E-state index in [-0.39, 0.29) is 6.10 Å². The monoisotopic (exact) mass is 284 g/mol. The van der Waals surface area contributed by atoms with E-state index in [0.29, 0.717) is 23.7 Å². The van der Waals surface area contributed by atoms with Crippen molar-refractivity contribution in [3.63, 3.8) is 0 Å². The summed E-state index contributed by atoms with van der Waals surface area (Å²) in [5.74, 6) is 1.09. The van der Waals surface area contributed by atoms with Gasteiger partial charge in [-0.05, 0) is 37.1 Å². The van der Waals surface area contributed by atoms with Crippen LogP contribution in [0.5, 0.6) is 5.75 Å². The molecule has 0 unspecified atom stereocenters. The fraction of sp³-hybridized carbons (Fsp3) is 0.333. The number of anilines is 1. The van der Waals surface area contributed by atoms with Crippen LogP contribution in [0.1, 0.15) is 30.2 Å². The smallest absolute Gasteiger partial charge is 0.145 e. The zero-order chi connectivity index (χ0) is 14.8. The van der Waals surface area contributed by atoms with Crippen LogP contribution in [0.3, 0.4) is 0 Å². The molecule has 1 aromatic carbocycles. The van der Waals surface area contributed by atoms with Gasteiger partial charge in [-0.2, -0.15) is 10.4 Å². The van der Waals surface area contributed by atoms with Crippen LogP contribution in [0.4, 0.5) is 5.82 Å². The number of nitriles is 1. The molecule has 2 aromatic rings. The number of nitrogens with two attached hydrogens (primary N) is 1. The first-order valence-electron chi connectivity index (χ1n) is 6.79. The number of aromatic nitrogens is 2. The summed E-state index contributed by atoms with van der Waals surface area (Å²) >= 11 is 0. The lowest BCUT2D eigenvalue weighted by atomic mass is 10.1. The van der Waals surface area contributed by atoms with E-state index in [4.69, 9.17) is 15.2 Å². The lowest BCUT2D eigenvalue weighted by molar-refractivity contribution is 0.108. The van der Waals surface area contributed by atoms with Crippen molar-refractivity contribution in [2.75, 3.05) is 19.5 Å². The van der Waals surface area contributed by atoms with Crippen molar-refractivity contribution in [1.29, 1.82) is 5.26 Å². The Morgan fingerprint density at radius 3 is 2.76 bits per heavy atom. The molecular weight excluding hydrogens is 268 g/mol. The number of methoxy groups -OCH3 is 1. The van der Waals surface area contributed by atoms with Crippen molar-refractivity contribution >= 4 is 5.82 Å². The molecule has 0 spiro atoms. The topological polar surface area (TPSA) is 86.1 Å². The van der Waals surface area contributed by atoms with Crippen LogP contribution in [0.25, 0.3) is 5.69 Å². The van der Waals surface area contributed by atoms with Gasteiger partial charge in [-0.1, -0.05) is 0 Å². The maximum Gasteiger partial charge on any atom is 0.145 e. The van der Waals surface area contributed by atoms with Crippen molar-refractivity contribution in [2.24, 2.45) is 0 Å². The third kappa shape index (κ3) is 2.32. The Morgan fingerprint density at radius 2 is 2.19 bits per heavy atom. The van der Waals surface area contributed by atoms with Crippen molar-refractivity contribution in [3.8, 4) is 17.5 Å². The molecule has 6 nitrogen and oxygen atoms in total. The van der Waals surface area contributed by atoms with Gasteiger partial charge in [0.1, 0.15) is 35.0 Å². The summed E-state index contributed by atoms with van der Waals surface area (Å²) in [6, 6.07) is 9.50. The van der Waals surface area contributed by atoms with Crippen molar-refractivity contribution in [2.45, 2.75) is 18.9 Å². The van der Waals surface area contributed by atoms with Crippen molar-refractivity contribution in [1.82, 2.24) is 9.78 Å². The standard InChI is InChI=1S/C15H16N4O2/c1-20-11-6-4-10(5-7-11)19-15(17)12(9-16)14(18-19)13-3-2-8-21-13/h4-7,13H,2-3,8,17H2,1H3/t13-/m1/s1. The maximum atomic E-state index is 9.34. The second-order valence-electron chi connectivity index (χ2n) is 4.87. The largest absolute Gasteiger partial charge is 0.497 e. The molecule has 1 atom stereocenters. The third-order valence-corrected chi connectivity index (χ3v) is 3.61. The zero-order valence-electron chi connectivity index (χ0n) is 11.7. The van der Waals surface area contributed by atoms with E-state index in [1.54, 1.807) is 11.8 Å². The predicted octanol–water partition coefficient (Wildman–Crippen LogP) is 2.19. The van der Waals surface area contributed by atoms with E-state index in [0.717, 1.165) is 24.3 Å². The van der Waals surface area contributed by atoms with Crippen LogP contribution in [0.15, 0.2) is 24.3 Å². The molecule has 1 aromatic heterocycles. The van der Waals surface area contributed by atoms with Gasteiger partial charge in [-0.25, -0.2) is 4.68 Å². The van der Waals surface area contributed by atoms with Crippen LogP contribution in [-0.2, 0) is 4.74 Å². The van der Waals surface area contributed by atoms with E-state index in [9.17, 15) is 5.26 Å². The van der Waals surface area contributed by atoms with Crippen LogP contribution < -0.4 is 10.5 Å². The first-order chi connectivity index (χ1) is 10.2. The molecule has 2 heterocycles. The Kier molecular flexibility index (Phi) is 3.50. The van der Waals surface area contributed by atoms with Gasteiger partial charge in [-0.15, -0.1) is 0 Å². The zero-order valence-corrected chi connectivity index (χ0v) is 11.7. The highest BCUT2D eigenvalue weighted by Gasteiger charge is 2.27. The predicted molar refractivity (Wildman–Crippen MR) is 77.2 cm³/mol. The Balaban J connectivity index is 2.04. The van der Waals surface area contributed by atoms with E-state index in [2.05, 4.69) is 11.2 Å². The Labute approximate surface area is 122 Å². The van der Waals surface area contributed by atoms with Crippen molar-refractivity contribution in [3.05, 3.63) is 35.5 Å². The molecule has 0 saturated carbocycles. The maximum absolute atomic E-state index is 9.34. The minimum Gasteiger partial charge on any atom is -0.497 e. The van der Waals surface area contributed by atoms with Gasteiger partial charge in [-0.3, -0.25) is 0 Å². The molecule has 21 heavy (non-hydrogen) atoms. The summed E-state index contributed by atoms with van der Waals surface area (Å²) in [5, 5.41) is 13.8. The van der Waals surface area contributed by atoms with E-state index >= 15 is 0 Å². The summed E-state index contributed by atoms with van der Waals surface area (Å²) in [7, 11) is 1.61. The average molecular weight is 284 g/mol. The minimum absolute atomic E-state index is 0.138. The first-order valence-corrected chi connectivity index (χ1v) is 6.79. The molecule has 1 aliphatic heterocycles. The SMILES string of the molecule is COc1ccc(-n2nc([C@H]3CCCO3)c(C#N)c2N)cc1. The second-order valence-corrected chi connectivity index (χ2v) is 4.87. The minimum atomic E-state index is -0.138. The quantitative estimate of drug-likeness (QED) is 0.933. The Morgan fingerprint density at radius 1 is 1.43 bits per heavy atom. The molecule has 3 rings (SSSR count). The molecule has 1 fully saturated rings. The van der Waals surface area contributed by atoms with Gasteiger partial charge >= 0.3 is 0 Å². The van der Waals surface area contributed by atoms with E-state index in [1.165, 1.54) is 0 Å². The number of nitrogens with zero attached hydrogens (tertiary/aromatic N) is 3. The summed E-state index contributed by atoms with van der Waals surface area (Å²) in [4.78, 5) is 0. The fourth-order valence-electron chi connectivity index (χ4n) is 2.50. The summed E-state index contributed by atoms with van der Waals surface area (Å²) < 4.78 is 12.3. The molecular formula is C15H16N4O2. The second kappa shape index (κ2) is 5.46. The molecule has 0 radical (unpaired) electrons. The third-order valence-electron chi connectivity index (χ3n) is 3.61. The van der Waals surface area contributed by atoms with Gasteiger partial charge in [0, 0.05) is 6.61 Å². The number of ether oxygens (including phenoxy) is 2. The molecule has 1 aliphatic rings. The van der Waals surface area contributed by atoms with Crippen LogP contribution in [0.2, 0.25) is 0 Å². The average Bonchev–Trinajstić information content (AvgIpc) is 3.15. The van der Waals surface area contributed by atoms with Crippen LogP contribution >= 0.6 is 0 Å². The van der Waals surface area contributed by atoms with Gasteiger partial charge < -0.3 is 15.2 Å². The highest BCUT2D eigenvalue weighted by Crippen LogP contribution is 2.33. The number of nitrogen functional groups attached to an aromatic ring is 1. The fourth-order valence-corrected chi connectivity index (χ4v) is 2.50. The van der Waals surface area contributed by atoms with Gasteiger partial charge in [0.25, 0.3) is 0 Å². The van der Waals surface area contributed by atoms with Crippen LogP contribution in [-0.4, -0.2) is 23.5 Å². The first kappa shape index (κ1) is 13.5. The molecule has 0 aliphatic carbocycles. The molecule has 0 amide bonds. The summed E-state index contributed by atoms with van der Waals surface area (Å²) in [6.45, 7) is 0.699. The Hall–Kier alpha value is -2.52. The van der Waals surface area contributed by atoms with Gasteiger partial charge in [0.15, 0.2) is 0 Å². The molecule has 2 N–H and O–H groups in total.